The van der Waals surface area contributed by atoms with Crippen molar-refractivity contribution >= 4 is 17.9 Å². The summed E-state index contributed by atoms with van der Waals surface area (Å²) in [5.74, 6) is 0. The number of hydrogen-bond acceptors (Lipinski definition) is 2. The fourth-order valence-electron chi connectivity index (χ4n) is 2.44. The van der Waals surface area contributed by atoms with E-state index in [1.165, 1.54) is 11.1 Å². The third-order valence-corrected chi connectivity index (χ3v) is 3.75. The largest absolute Gasteiger partial charge is 0.291 e. The van der Waals surface area contributed by atoms with Crippen LogP contribution in [0, 0.1) is 11.6 Å². The first-order valence-corrected chi connectivity index (χ1v) is 7.27. The Morgan fingerprint density at radius 1 is 1.25 bits per heavy atom. The molecule has 2 aromatic heterocycles. The van der Waals surface area contributed by atoms with E-state index in [2.05, 4.69) is 42.1 Å². The molecule has 0 saturated heterocycles. The monoisotopic (exact) mass is 283 g/mol. The molecule has 0 saturated carbocycles. The molecule has 2 heterocycles. The van der Waals surface area contributed by atoms with Crippen molar-refractivity contribution in [1.82, 2.24) is 14.6 Å². The Bertz CT molecular complexity index is 814. The van der Waals surface area contributed by atoms with E-state index in [-0.39, 0.29) is 0 Å². The maximum absolute atomic E-state index is 5.44. The van der Waals surface area contributed by atoms with Gasteiger partial charge in [0, 0.05) is 17.3 Å². The number of hydrogen-bond donors (Lipinski definition) is 1. The quantitative estimate of drug-likeness (QED) is 0.726. The molecule has 0 fully saturated rings. The van der Waals surface area contributed by atoms with Crippen molar-refractivity contribution < 1.29 is 0 Å². The summed E-state index contributed by atoms with van der Waals surface area (Å²) >= 11 is 5.44. The van der Waals surface area contributed by atoms with Gasteiger partial charge in [-0.25, -0.2) is 9.50 Å². The Kier molecular flexibility index (Phi) is 3.40. The highest BCUT2D eigenvalue weighted by Gasteiger charge is 2.07. The lowest BCUT2D eigenvalue weighted by atomic mass is 10.1. The lowest BCUT2D eigenvalue weighted by Crippen LogP contribution is -1.96. The first-order valence-electron chi connectivity index (χ1n) is 6.86. The standard InChI is InChI=1S/C16H17N3S/c1-3-6-12-9-16(20)19-15(17-12)10-14(18-19)13-8-5-4-7-11(13)2/h4-5,7-10,18H,3,6H2,1-2H3. The van der Waals surface area contributed by atoms with Crippen molar-refractivity contribution in [3.05, 3.63) is 52.3 Å². The highest BCUT2D eigenvalue weighted by atomic mass is 32.1. The van der Waals surface area contributed by atoms with E-state index in [1.807, 2.05) is 22.7 Å². The molecular weight excluding hydrogens is 266 g/mol. The van der Waals surface area contributed by atoms with Crippen molar-refractivity contribution in [2.75, 3.05) is 0 Å². The minimum Gasteiger partial charge on any atom is -0.291 e. The molecule has 4 heteroatoms. The number of nitrogens with zero attached hydrogens (tertiary/aromatic N) is 2. The average Bonchev–Trinajstić information content (AvgIpc) is 2.84. The summed E-state index contributed by atoms with van der Waals surface area (Å²) in [4.78, 5) is 4.67. The molecule has 0 aliphatic rings. The van der Waals surface area contributed by atoms with E-state index in [0.717, 1.165) is 34.5 Å². The van der Waals surface area contributed by atoms with Crippen molar-refractivity contribution in [2.24, 2.45) is 0 Å². The Morgan fingerprint density at radius 2 is 2.05 bits per heavy atom. The predicted octanol–water partition coefficient (Wildman–Crippen LogP) is 4.32. The SMILES string of the molecule is CCCc1cc(=S)n2[nH]c(-c3ccccc3C)cc2n1. The summed E-state index contributed by atoms with van der Waals surface area (Å²) in [5, 5.41) is 3.34. The highest BCUT2D eigenvalue weighted by molar-refractivity contribution is 7.71. The van der Waals surface area contributed by atoms with Crippen LogP contribution in [-0.4, -0.2) is 14.6 Å². The molecule has 0 spiro atoms. The van der Waals surface area contributed by atoms with Gasteiger partial charge in [0.15, 0.2) is 5.65 Å². The molecule has 0 aliphatic carbocycles. The molecule has 1 N–H and O–H groups in total. The van der Waals surface area contributed by atoms with Crippen LogP contribution in [0.4, 0.5) is 0 Å². The van der Waals surface area contributed by atoms with Gasteiger partial charge in [0.05, 0.1) is 5.69 Å². The van der Waals surface area contributed by atoms with Crippen LogP contribution in [0.2, 0.25) is 0 Å². The van der Waals surface area contributed by atoms with E-state index in [9.17, 15) is 0 Å². The summed E-state index contributed by atoms with van der Waals surface area (Å²) in [7, 11) is 0. The Labute approximate surface area is 123 Å². The lowest BCUT2D eigenvalue weighted by Gasteiger charge is -2.01. The maximum Gasteiger partial charge on any atom is 0.155 e. The molecule has 3 rings (SSSR count). The van der Waals surface area contributed by atoms with Gasteiger partial charge in [0.2, 0.25) is 0 Å². The number of aromatic nitrogens is 3. The second-order valence-corrected chi connectivity index (χ2v) is 5.43. The van der Waals surface area contributed by atoms with E-state index in [1.54, 1.807) is 0 Å². The lowest BCUT2D eigenvalue weighted by molar-refractivity contribution is 0.852. The van der Waals surface area contributed by atoms with E-state index >= 15 is 0 Å². The smallest absolute Gasteiger partial charge is 0.155 e. The van der Waals surface area contributed by atoms with E-state index in [4.69, 9.17) is 12.2 Å². The molecular formula is C16H17N3S. The molecule has 0 atom stereocenters. The zero-order chi connectivity index (χ0) is 14.1. The molecule has 1 aromatic carbocycles. The van der Waals surface area contributed by atoms with Crippen LogP contribution >= 0.6 is 12.2 Å². The van der Waals surface area contributed by atoms with Gasteiger partial charge < -0.3 is 0 Å². The van der Waals surface area contributed by atoms with Gasteiger partial charge in [-0.3, -0.25) is 5.10 Å². The number of rotatable bonds is 3. The van der Waals surface area contributed by atoms with E-state index < -0.39 is 0 Å². The highest BCUT2D eigenvalue weighted by Crippen LogP contribution is 2.23. The van der Waals surface area contributed by atoms with Crippen molar-refractivity contribution in [3.8, 4) is 11.3 Å². The normalized spacial score (nSPS) is 11.1. The first-order chi connectivity index (χ1) is 9.69. The molecule has 102 valence electrons. The van der Waals surface area contributed by atoms with Crippen LogP contribution in [0.25, 0.3) is 16.9 Å². The zero-order valence-corrected chi connectivity index (χ0v) is 12.5. The summed E-state index contributed by atoms with van der Waals surface area (Å²) in [5.41, 5.74) is 5.42. The second kappa shape index (κ2) is 5.21. The van der Waals surface area contributed by atoms with Crippen LogP contribution in [0.1, 0.15) is 24.6 Å². The van der Waals surface area contributed by atoms with Gasteiger partial charge in [0.1, 0.15) is 4.64 Å². The predicted molar refractivity (Wildman–Crippen MR) is 84.5 cm³/mol. The summed E-state index contributed by atoms with van der Waals surface area (Å²) in [6, 6.07) is 12.3. The Morgan fingerprint density at radius 3 is 2.80 bits per heavy atom. The van der Waals surface area contributed by atoms with Crippen LogP contribution in [0.15, 0.2) is 36.4 Å². The molecule has 0 radical (unpaired) electrons. The Hall–Kier alpha value is -1.94. The number of aryl methyl sites for hydroxylation is 2. The van der Waals surface area contributed by atoms with Crippen LogP contribution in [0.5, 0.6) is 0 Å². The number of benzene rings is 1. The minimum atomic E-state index is 0.776. The van der Waals surface area contributed by atoms with Gasteiger partial charge in [-0.2, -0.15) is 0 Å². The van der Waals surface area contributed by atoms with Crippen LogP contribution in [-0.2, 0) is 6.42 Å². The second-order valence-electron chi connectivity index (χ2n) is 5.01. The van der Waals surface area contributed by atoms with Gasteiger partial charge >= 0.3 is 0 Å². The fourth-order valence-corrected chi connectivity index (χ4v) is 2.71. The average molecular weight is 283 g/mol. The fraction of sp³-hybridized carbons (Fsp3) is 0.250. The molecule has 0 bridgehead atoms. The number of fused-ring (bicyclic) bond motifs is 1. The molecule has 0 unspecified atom stereocenters. The van der Waals surface area contributed by atoms with Gasteiger partial charge in [0.25, 0.3) is 0 Å². The summed E-state index contributed by atoms with van der Waals surface area (Å²) < 4.78 is 2.65. The van der Waals surface area contributed by atoms with Gasteiger partial charge in [-0.15, -0.1) is 0 Å². The van der Waals surface area contributed by atoms with Gasteiger partial charge in [-0.05, 0) is 25.0 Å². The maximum atomic E-state index is 5.44. The van der Waals surface area contributed by atoms with E-state index in [0.29, 0.717) is 0 Å². The minimum absolute atomic E-state index is 0.776. The van der Waals surface area contributed by atoms with Crippen molar-refractivity contribution in [2.45, 2.75) is 26.7 Å². The molecule has 3 aromatic rings. The number of aromatic amines is 1. The van der Waals surface area contributed by atoms with Crippen molar-refractivity contribution in [1.29, 1.82) is 0 Å². The third-order valence-electron chi connectivity index (χ3n) is 3.44. The molecule has 0 aliphatic heterocycles. The summed E-state index contributed by atoms with van der Waals surface area (Å²) in [6.45, 7) is 4.26. The van der Waals surface area contributed by atoms with Crippen molar-refractivity contribution in [3.63, 3.8) is 0 Å². The molecule has 3 nitrogen and oxygen atoms in total. The topological polar surface area (TPSA) is 33.1 Å². The third kappa shape index (κ3) is 2.27. The number of nitrogens with one attached hydrogen (secondary N) is 1. The van der Waals surface area contributed by atoms with Crippen LogP contribution in [0.3, 0.4) is 0 Å². The zero-order valence-electron chi connectivity index (χ0n) is 11.7. The van der Waals surface area contributed by atoms with Crippen LogP contribution < -0.4 is 0 Å². The molecule has 0 amide bonds. The van der Waals surface area contributed by atoms with Gasteiger partial charge in [-0.1, -0.05) is 49.8 Å². The summed E-state index contributed by atoms with van der Waals surface area (Å²) in [6.07, 6.45) is 2.04. The number of H-pyrrole nitrogens is 1. The Balaban J connectivity index is 2.18. The molecule has 20 heavy (non-hydrogen) atoms. The first kappa shape index (κ1) is 13.1.